The van der Waals surface area contributed by atoms with E-state index in [9.17, 15) is 0 Å². The fourth-order valence-electron chi connectivity index (χ4n) is 2.01. The van der Waals surface area contributed by atoms with Crippen LogP contribution in [-0.2, 0) is 0 Å². The molecular formula is C14H31P. The number of unbranched alkanes of at least 4 members (excludes halogenated alkanes) is 7. The third-order valence-corrected chi connectivity index (χ3v) is 5.96. The first kappa shape index (κ1) is 15.4. The number of rotatable bonds is 11. The van der Waals surface area contributed by atoms with Gasteiger partial charge in [-0.3, -0.25) is 0 Å². The molecular weight excluding hydrogens is 199 g/mol. The molecule has 0 aromatic carbocycles. The lowest BCUT2D eigenvalue weighted by Gasteiger charge is -2.12. The van der Waals surface area contributed by atoms with E-state index in [0.717, 1.165) is 0 Å². The van der Waals surface area contributed by atoms with E-state index in [1.807, 2.05) is 0 Å². The highest BCUT2D eigenvalue weighted by molar-refractivity contribution is 7.57. The van der Waals surface area contributed by atoms with E-state index >= 15 is 0 Å². The zero-order valence-electron chi connectivity index (χ0n) is 11.2. The summed E-state index contributed by atoms with van der Waals surface area (Å²) >= 11 is 0. The molecule has 0 atom stereocenters. The lowest BCUT2D eigenvalue weighted by atomic mass is 10.1. The van der Waals surface area contributed by atoms with Crippen molar-refractivity contribution in [2.24, 2.45) is 0 Å². The van der Waals surface area contributed by atoms with Gasteiger partial charge in [-0.2, -0.15) is 0 Å². The van der Waals surface area contributed by atoms with Gasteiger partial charge in [0.2, 0.25) is 0 Å². The van der Waals surface area contributed by atoms with Gasteiger partial charge in [-0.15, -0.1) is 7.92 Å². The molecule has 0 fully saturated rings. The van der Waals surface area contributed by atoms with Crippen molar-refractivity contribution in [3.05, 3.63) is 0 Å². The third-order valence-electron chi connectivity index (χ3n) is 3.22. The van der Waals surface area contributed by atoms with Crippen LogP contribution in [0.25, 0.3) is 0 Å². The summed E-state index contributed by atoms with van der Waals surface area (Å²) in [6, 6.07) is 0. The topological polar surface area (TPSA) is 0 Å². The molecule has 1 heteroatoms. The van der Waals surface area contributed by atoms with Crippen molar-refractivity contribution in [1.82, 2.24) is 0 Å². The average molecular weight is 230 g/mol. The quantitative estimate of drug-likeness (QED) is 0.318. The molecule has 0 unspecified atom stereocenters. The SMILES string of the molecule is CCCCCCCCCCP(CC)CC. The van der Waals surface area contributed by atoms with Crippen molar-refractivity contribution >= 4 is 7.92 Å². The van der Waals surface area contributed by atoms with Crippen molar-refractivity contribution in [3.63, 3.8) is 0 Å². The van der Waals surface area contributed by atoms with Crippen LogP contribution in [0.1, 0.15) is 72.1 Å². The van der Waals surface area contributed by atoms with Crippen molar-refractivity contribution in [2.75, 3.05) is 18.5 Å². The van der Waals surface area contributed by atoms with Gasteiger partial charge in [0, 0.05) is 0 Å². The van der Waals surface area contributed by atoms with Gasteiger partial charge in [0.05, 0.1) is 0 Å². The molecule has 0 nitrogen and oxygen atoms in total. The molecule has 0 N–H and O–H groups in total. The Kier molecular flexibility index (Phi) is 12.9. The van der Waals surface area contributed by atoms with Crippen LogP contribution in [0.4, 0.5) is 0 Å². The van der Waals surface area contributed by atoms with Crippen molar-refractivity contribution in [2.45, 2.75) is 72.1 Å². The van der Waals surface area contributed by atoms with Gasteiger partial charge < -0.3 is 0 Å². The van der Waals surface area contributed by atoms with Crippen LogP contribution >= 0.6 is 7.92 Å². The maximum Gasteiger partial charge on any atom is -0.0326 e. The smallest absolute Gasteiger partial charge is 0.0326 e. The summed E-state index contributed by atoms with van der Waals surface area (Å²) in [5, 5.41) is 0. The van der Waals surface area contributed by atoms with Crippen LogP contribution < -0.4 is 0 Å². The van der Waals surface area contributed by atoms with Gasteiger partial charge in [-0.1, -0.05) is 65.7 Å². The zero-order chi connectivity index (χ0) is 11.4. The maximum absolute atomic E-state index is 2.36. The van der Waals surface area contributed by atoms with Gasteiger partial charge in [-0.25, -0.2) is 0 Å². The fraction of sp³-hybridized carbons (Fsp3) is 1.00. The monoisotopic (exact) mass is 230 g/mol. The molecule has 0 heterocycles. The summed E-state index contributed by atoms with van der Waals surface area (Å²) in [5.74, 6) is 0. The molecule has 0 saturated carbocycles. The summed E-state index contributed by atoms with van der Waals surface area (Å²) < 4.78 is 0. The first-order valence-corrected chi connectivity index (χ1v) is 8.97. The second kappa shape index (κ2) is 12.5. The lowest BCUT2D eigenvalue weighted by Crippen LogP contribution is -1.90. The van der Waals surface area contributed by atoms with Gasteiger partial charge >= 0.3 is 0 Å². The van der Waals surface area contributed by atoms with Crippen LogP contribution in [0.3, 0.4) is 0 Å². The highest BCUT2D eigenvalue weighted by Crippen LogP contribution is 2.35. The van der Waals surface area contributed by atoms with Crippen LogP contribution in [0.15, 0.2) is 0 Å². The summed E-state index contributed by atoms with van der Waals surface area (Å²) in [5.41, 5.74) is 0. The number of hydrogen-bond acceptors (Lipinski definition) is 0. The van der Waals surface area contributed by atoms with Gasteiger partial charge in [-0.05, 0) is 24.9 Å². The summed E-state index contributed by atoms with van der Waals surface area (Å²) in [4.78, 5) is 0. The van der Waals surface area contributed by atoms with Gasteiger partial charge in [0.1, 0.15) is 0 Å². The maximum atomic E-state index is 2.36. The van der Waals surface area contributed by atoms with E-state index in [4.69, 9.17) is 0 Å². The number of hydrogen-bond donors (Lipinski definition) is 0. The molecule has 0 bridgehead atoms. The summed E-state index contributed by atoms with van der Waals surface area (Å²) in [6.07, 6.45) is 16.1. The van der Waals surface area contributed by atoms with E-state index in [-0.39, 0.29) is 0 Å². The van der Waals surface area contributed by atoms with Gasteiger partial charge in [0.25, 0.3) is 0 Å². The third kappa shape index (κ3) is 10.7. The Morgan fingerprint density at radius 3 is 1.53 bits per heavy atom. The van der Waals surface area contributed by atoms with E-state index in [1.165, 1.54) is 69.9 Å². The molecule has 0 aliphatic carbocycles. The molecule has 0 aliphatic heterocycles. The first-order chi connectivity index (χ1) is 7.35. The Labute approximate surface area is 99.0 Å². The second-order valence-corrected chi connectivity index (χ2v) is 7.56. The molecule has 0 spiro atoms. The Bertz CT molecular complexity index is 108. The predicted molar refractivity (Wildman–Crippen MR) is 75.5 cm³/mol. The molecule has 0 aromatic rings. The van der Waals surface area contributed by atoms with E-state index in [1.54, 1.807) is 0 Å². The van der Waals surface area contributed by atoms with Crippen LogP contribution in [0.2, 0.25) is 0 Å². The average Bonchev–Trinajstić information content (AvgIpc) is 2.27. The minimum Gasteiger partial charge on any atom is -0.107 e. The Morgan fingerprint density at radius 2 is 1.07 bits per heavy atom. The van der Waals surface area contributed by atoms with Crippen molar-refractivity contribution in [3.8, 4) is 0 Å². The first-order valence-electron chi connectivity index (χ1n) is 7.07. The molecule has 92 valence electrons. The van der Waals surface area contributed by atoms with E-state index in [0.29, 0.717) is 7.92 Å². The Balaban J connectivity index is 3.04. The predicted octanol–water partition coefficient (Wildman–Crippen LogP) is 5.65. The van der Waals surface area contributed by atoms with E-state index < -0.39 is 0 Å². The molecule has 0 aliphatic rings. The molecule has 0 radical (unpaired) electrons. The minimum absolute atomic E-state index is 0.414. The van der Waals surface area contributed by atoms with Crippen LogP contribution in [-0.4, -0.2) is 18.5 Å². The molecule has 0 saturated heterocycles. The Morgan fingerprint density at radius 1 is 0.600 bits per heavy atom. The molecule has 0 rings (SSSR count). The standard InChI is InChI=1S/C14H31P/c1-4-7-8-9-10-11-12-13-14-15(5-2)6-3/h4-14H2,1-3H3. The zero-order valence-corrected chi connectivity index (χ0v) is 12.1. The largest absolute Gasteiger partial charge is 0.107 e. The van der Waals surface area contributed by atoms with E-state index in [2.05, 4.69) is 20.8 Å². The highest BCUT2D eigenvalue weighted by Gasteiger charge is 2.00. The minimum atomic E-state index is 0.414. The molecule has 15 heavy (non-hydrogen) atoms. The second-order valence-electron chi connectivity index (χ2n) is 4.50. The van der Waals surface area contributed by atoms with Crippen molar-refractivity contribution in [1.29, 1.82) is 0 Å². The molecule has 0 aromatic heterocycles. The fourth-order valence-corrected chi connectivity index (χ4v) is 3.76. The summed E-state index contributed by atoms with van der Waals surface area (Å²) in [6.45, 7) is 7.01. The lowest BCUT2D eigenvalue weighted by molar-refractivity contribution is 0.586. The normalized spacial score (nSPS) is 11.2. The highest BCUT2D eigenvalue weighted by atomic mass is 31.1. The van der Waals surface area contributed by atoms with Crippen molar-refractivity contribution < 1.29 is 0 Å². The molecule has 0 amide bonds. The van der Waals surface area contributed by atoms with Crippen LogP contribution in [0, 0.1) is 0 Å². The van der Waals surface area contributed by atoms with Gasteiger partial charge in [0.15, 0.2) is 0 Å². The Hall–Kier alpha value is 0.430. The summed E-state index contributed by atoms with van der Waals surface area (Å²) in [7, 11) is 0.414. The van der Waals surface area contributed by atoms with Crippen LogP contribution in [0.5, 0.6) is 0 Å².